The van der Waals surface area contributed by atoms with Gasteiger partial charge in [-0.3, -0.25) is 0 Å². The van der Waals surface area contributed by atoms with Gasteiger partial charge < -0.3 is 10.1 Å². The summed E-state index contributed by atoms with van der Waals surface area (Å²) in [6, 6.07) is 11.7. The molecule has 1 aliphatic carbocycles. The van der Waals surface area contributed by atoms with Crippen LogP contribution in [-0.4, -0.2) is 25.8 Å². The van der Waals surface area contributed by atoms with Gasteiger partial charge in [-0.05, 0) is 49.5 Å². The van der Waals surface area contributed by atoms with Crippen molar-refractivity contribution in [2.24, 2.45) is 5.92 Å². The molecule has 0 spiro atoms. The van der Waals surface area contributed by atoms with Crippen molar-refractivity contribution in [2.75, 3.05) is 19.8 Å². The third-order valence-corrected chi connectivity index (χ3v) is 4.52. The molecule has 0 aliphatic heterocycles. The summed E-state index contributed by atoms with van der Waals surface area (Å²) in [7, 11) is 0. The zero-order chi connectivity index (χ0) is 14.9. The average Bonchev–Trinajstić information content (AvgIpc) is 2.52. The van der Waals surface area contributed by atoms with Crippen LogP contribution in [0.2, 0.25) is 0 Å². The summed E-state index contributed by atoms with van der Waals surface area (Å²) in [5.74, 6) is 1.51. The number of benzene rings is 1. The maximum Gasteiger partial charge on any atom is 0.0591 e. The Bertz CT molecular complexity index is 368. The van der Waals surface area contributed by atoms with Crippen molar-refractivity contribution < 1.29 is 4.74 Å². The minimum Gasteiger partial charge on any atom is -0.380 e. The summed E-state index contributed by atoms with van der Waals surface area (Å²) in [5, 5.41) is 3.66. The molecule has 0 bridgehead atoms. The second-order valence-electron chi connectivity index (χ2n) is 6.71. The molecular weight excluding hydrogens is 258 g/mol. The second kappa shape index (κ2) is 9.22. The van der Waals surface area contributed by atoms with Gasteiger partial charge in [0.25, 0.3) is 0 Å². The quantitative estimate of drug-likeness (QED) is 0.718. The Hall–Kier alpha value is -0.860. The fourth-order valence-electron chi connectivity index (χ4n) is 3.11. The Morgan fingerprint density at radius 1 is 1.05 bits per heavy atom. The smallest absolute Gasteiger partial charge is 0.0591 e. The third kappa shape index (κ3) is 6.19. The number of hydrogen-bond donors (Lipinski definition) is 1. The van der Waals surface area contributed by atoms with Gasteiger partial charge in [0.2, 0.25) is 0 Å². The van der Waals surface area contributed by atoms with E-state index in [0.29, 0.717) is 6.04 Å². The van der Waals surface area contributed by atoms with Gasteiger partial charge in [-0.15, -0.1) is 0 Å². The molecule has 1 N–H and O–H groups in total. The SMILES string of the molecule is CC(C)CCOCCNC1CCC(c2ccccc2)CC1. The van der Waals surface area contributed by atoms with Crippen LogP contribution in [0.3, 0.4) is 0 Å². The third-order valence-electron chi connectivity index (χ3n) is 4.52. The molecule has 0 atom stereocenters. The monoisotopic (exact) mass is 289 g/mol. The van der Waals surface area contributed by atoms with Crippen molar-refractivity contribution >= 4 is 0 Å². The molecule has 0 saturated heterocycles. The first-order valence-electron chi connectivity index (χ1n) is 8.61. The average molecular weight is 289 g/mol. The maximum absolute atomic E-state index is 5.66. The topological polar surface area (TPSA) is 21.3 Å². The minimum atomic E-state index is 0.693. The van der Waals surface area contributed by atoms with E-state index in [1.165, 1.54) is 37.7 Å². The van der Waals surface area contributed by atoms with Gasteiger partial charge in [0.05, 0.1) is 6.61 Å². The van der Waals surface area contributed by atoms with Crippen molar-refractivity contribution in [1.82, 2.24) is 5.32 Å². The van der Waals surface area contributed by atoms with Crippen molar-refractivity contribution in [1.29, 1.82) is 0 Å². The van der Waals surface area contributed by atoms with Crippen molar-refractivity contribution in [3.63, 3.8) is 0 Å². The Kier molecular flexibility index (Phi) is 7.25. The molecule has 118 valence electrons. The van der Waals surface area contributed by atoms with E-state index in [1.54, 1.807) is 0 Å². The van der Waals surface area contributed by atoms with E-state index in [0.717, 1.165) is 31.6 Å². The molecule has 1 saturated carbocycles. The van der Waals surface area contributed by atoms with Crippen LogP contribution in [0.25, 0.3) is 0 Å². The van der Waals surface area contributed by atoms with E-state index in [-0.39, 0.29) is 0 Å². The molecule has 0 amide bonds. The lowest BCUT2D eigenvalue weighted by Crippen LogP contribution is -2.35. The van der Waals surface area contributed by atoms with Crippen molar-refractivity contribution in [2.45, 2.75) is 57.9 Å². The molecule has 21 heavy (non-hydrogen) atoms. The Morgan fingerprint density at radius 3 is 2.43 bits per heavy atom. The highest BCUT2D eigenvalue weighted by Gasteiger charge is 2.21. The summed E-state index contributed by atoms with van der Waals surface area (Å²) < 4.78 is 5.66. The molecular formula is C19H31NO. The lowest BCUT2D eigenvalue weighted by atomic mass is 9.82. The molecule has 0 unspecified atom stereocenters. The first-order valence-corrected chi connectivity index (χ1v) is 8.61. The van der Waals surface area contributed by atoms with E-state index in [1.807, 2.05) is 0 Å². The first-order chi connectivity index (χ1) is 10.3. The largest absolute Gasteiger partial charge is 0.380 e. The highest BCUT2D eigenvalue weighted by Crippen LogP contribution is 2.32. The van der Waals surface area contributed by atoms with Gasteiger partial charge in [-0.2, -0.15) is 0 Å². The maximum atomic E-state index is 5.66. The van der Waals surface area contributed by atoms with Gasteiger partial charge in [0, 0.05) is 19.2 Å². The number of rotatable bonds is 8. The number of nitrogens with one attached hydrogen (secondary N) is 1. The second-order valence-corrected chi connectivity index (χ2v) is 6.71. The molecule has 1 aromatic rings. The van der Waals surface area contributed by atoms with E-state index in [9.17, 15) is 0 Å². The lowest BCUT2D eigenvalue weighted by Gasteiger charge is -2.29. The van der Waals surface area contributed by atoms with E-state index in [4.69, 9.17) is 4.74 Å². The molecule has 0 radical (unpaired) electrons. The molecule has 2 heteroatoms. The van der Waals surface area contributed by atoms with Crippen LogP contribution in [0.15, 0.2) is 30.3 Å². The van der Waals surface area contributed by atoms with E-state index < -0.39 is 0 Å². The molecule has 1 aliphatic rings. The Morgan fingerprint density at radius 2 is 1.76 bits per heavy atom. The van der Waals surface area contributed by atoms with Crippen LogP contribution >= 0.6 is 0 Å². The predicted molar refractivity (Wildman–Crippen MR) is 89.7 cm³/mol. The van der Waals surface area contributed by atoms with Crippen molar-refractivity contribution in [3.8, 4) is 0 Å². The van der Waals surface area contributed by atoms with Gasteiger partial charge in [0.1, 0.15) is 0 Å². The standard InChI is InChI=1S/C19H31NO/c1-16(2)12-14-21-15-13-20-19-10-8-18(9-11-19)17-6-4-3-5-7-17/h3-7,16,18-20H,8-15H2,1-2H3. The zero-order valence-electron chi connectivity index (χ0n) is 13.7. The Balaban J connectivity index is 1.55. The summed E-state index contributed by atoms with van der Waals surface area (Å²) in [4.78, 5) is 0. The normalized spacial score (nSPS) is 22.6. The number of ether oxygens (including phenoxy) is 1. The predicted octanol–water partition coefficient (Wildman–Crippen LogP) is 4.37. The summed E-state index contributed by atoms with van der Waals surface area (Å²) in [6.07, 6.45) is 6.39. The van der Waals surface area contributed by atoms with Crippen LogP contribution in [0.4, 0.5) is 0 Å². The molecule has 2 rings (SSSR count). The molecule has 2 nitrogen and oxygen atoms in total. The first kappa shape index (κ1) is 16.5. The molecule has 1 fully saturated rings. The fraction of sp³-hybridized carbons (Fsp3) is 0.684. The van der Waals surface area contributed by atoms with Gasteiger partial charge in [0.15, 0.2) is 0 Å². The van der Waals surface area contributed by atoms with Gasteiger partial charge in [-0.25, -0.2) is 0 Å². The minimum absolute atomic E-state index is 0.693. The summed E-state index contributed by atoms with van der Waals surface area (Å²) in [6.45, 7) is 7.24. The molecule has 1 aromatic carbocycles. The summed E-state index contributed by atoms with van der Waals surface area (Å²) >= 11 is 0. The highest BCUT2D eigenvalue weighted by atomic mass is 16.5. The zero-order valence-corrected chi connectivity index (χ0v) is 13.7. The van der Waals surface area contributed by atoms with Crippen LogP contribution in [0.5, 0.6) is 0 Å². The van der Waals surface area contributed by atoms with Crippen LogP contribution in [-0.2, 0) is 4.74 Å². The van der Waals surface area contributed by atoms with Gasteiger partial charge in [-0.1, -0.05) is 44.2 Å². The van der Waals surface area contributed by atoms with E-state index >= 15 is 0 Å². The van der Waals surface area contributed by atoms with Crippen LogP contribution < -0.4 is 5.32 Å². The summed E-state index contributed by atoms with van der Waals surface area (Å²) in [5.41, 5.74) is 1.52. The van der Waals surface area contributed by atoms with E-state index in [2.05, 4.69) is 49.5 Å². The lowest BCUT2D eigenvalue weighted by molar-refractivity contribution is 0.121. The number of hydrogen-bond acceptors (Lipinski definition) is 2. The highest BCUT2D eigenvalue weighted by molar-refractivity contribution is 5.20. The Labute approximate surface area is 130 Å². The van der Waals surface area contributed by atoms with Gasteiger partial charge >= 0.3 is 0 Å². The molecule has 0 heterocycles. The molecule has 0 aromatic heterocycles. The van der Waals surface area contributed by atoms with Crippen LogP contribution in [0.1, 0.15) is 57.4 Å². The van der Waals surface area contributed by atoms with Crippen molar-refractivity contribution in [3.05, 3.63) is 35.9 Å². The van der Waals surface area contributed by atoms with Crippen LogP contribution in [0, 0.1) is 5.92 Å². The fourth-order valence-corrected chi connectivity index (χ4v) is 3.11.